The van der Waals surface area contributed by atoms with Crippen LogP contribution in [0.1, 0.15) is 32.6 Å². The van der Waals surface area contributed by atoms with Crippen LogP contribution in [0, 0.1) is 10.1 Å². The van der Waals surface area contributed by atoms with Gasteiger partial charge in [-0.3, -0.25) is 15.1 Å². The molecule has 1 unspecified atom stereocenters. The van der Waals surface area contributed by atoms with Crippen LogP contribution in [-0.4, -0.2) is 31.9 Å². The SMILES string of the molecule is COCC(O[Si](C)(C)C(C)(C)C)c1cc([N+](=O)[O-])ccn1. The van der Waals surface area contributed by atoms with E-state index in [1.807, 2.05) is 0 Å². The van der Waals surface area contributed by atoms with Crippen LogP contribution in [0.2, 0.25) is 18.1 Å². The normalized spacial score (nSPS) is 14.0. The van der Waals surface area contributed by atoms with Gasteiger partial charge in [-0.15, -0.1) is 0 Å². The van der Waals surface area contributed by atoms with Crippen molar-refractivity contribution in [2.24, 2.45) is 0 Å². The van der Waals surface area contributed by atoms with Crippen molar-refractivity contribution in [2.75, 3.05) is 13.7 Å². The average molecular weight is 312 g/mol. The van der Waals surface area contributed by atoms with E-state index < -0.39 is 19.3 Å². The van der Waals surface area contributed by atoms with Gasteiger partial charge in [0.05, 0.1) is 17.2 Å². The van der Waals surface area contributed by atoms with E-state index in [1.165, 1.54) is 18.3 Å². The number of pyridine rings is 1. The summed E-state index contributed by atoms with van der Waals surface area (Å²) in [5.74, 6) is 0. The fourth-order valence-corrected chi connectivity index (χ4v) is 2.84. The molecule has 1 aromatic rings. The standard InChI is InChI=1S/C14H24N2O4Si/c1-14(2,3)21(5,6)20-13(10-19-4)12-9-11(16(17)18)7-8-15-12/h7-9,13H,10H2,1-6H3. The molecule has 0 amide bonds. The topological polar surface area (TPSA) is 74.5 Å². The minimum absolute atomic E-state index is 0.0138. The molecule has 1 heterocycles. The third-order valence-electron chi connectivity index (χ3n) is 3.87. The summed E-state index contributed by atoms with van der Waals surface area (Å²) in [5.41, 5.74) is 0.552. The Hall–Kier alpha value is -1.31. The number of rotatable bonds is 6. The number of nitro groups is 1. The van der Waals surface area contributed by atoms with E-state index in [0.717, 1.165) is 0 Å². The van der Waals surface area contributed by atoms with Crippen molar-refractivity contribution >= 4 is 14.0 Å². The molecular formula is C14H24N2O4Si. The summed E-state index contributed by atoms with van der Waals surface area (Å²) in [6, 6.07) is 2.83. The Labute approximate surface area is 126 Å². The predicted molar refractivity (Wildman–Crippen MR) is 83.8 cm³/mol. The first-order valence-corrected chi connectivity index (χ1v) is 9.76. The zero-order chi connectivity index (χ0) is 16.3. The van der Waals surface area contributed by atoms with Gasteiger partial charge in [0.2, 0.25) is 0 Å². The number of hydrogen-bond acceptors (Lipinski definition) is 5. The van der Waals surface area contributed by atoms with Crippen molar-refractivity contribution in [1.82, 2.24) is 4.98 Å². The largest absolute Gasteiger partial charge is 0.406 e. The Kier molecular flexibility index (Phi) is 5.60. The number of methoxy groups -OCH3 is 1. The van der Waals surface area contributed by atoms with Crippen molar-refractivity contribution in [3.63, 3.8) is 0 Å². The molecule has 0 bridgehead atoms. The molecule has 6 nitrogen and oxygen atoms in total. The molecule has 7 heteroatoms. The lowest BCUT2D eigenvalue weighted by Crippen LogP contribution is -2.42. The van der Waals surface area contributed by atoms with E-state index in [-0.39, 0.29) is 10.7 Å². The number of nitrogens with zero attached hydrogens (tertiary/aromatic N) is 2. The smallest absolute Gasteiger partial charge is 0.272 e. The highest BCUT2D eigenvalue weighted by Crippen LogP contribution is 2.39. The monoisotopic (exact) mass is 312 g/mol. The summed E-state index contributed by atoms with van der Waals surface area (Å²) in [6.45, 7) is 11.0. The fourth-order valence-electron chi connectivity index (χ4n) is 1.59. The molecule has 0 saturated heterocycles. The summed E-state index contributed by atoms with van der Waals surface area (Å²) >= 11 is 0. The van der Waals surface area contributed by atoms with Crippen molar-refractivity contribution in [3.05, 3.63) is 34.1 Å². The minimum Gasteiger partial charge on any atom is -0.406 e. The predicted octanol–water partition coefficient (Wildman–Crippen LogP) is 3.70. The van der Waals surface area contributed by atoms with Crippen molar-refractivity contribution < 1.29 is 14.1 Å². The van der Waals surface area contributed by atoms with Crippen LogP contribution in [0.5, 0.6) is 0 Å². The Morgan fingerprint density at radius 3 is 2.52 bits per heavy atom. The van der Waals surface area contributed by atoms with E-state index in [1.54, 1.807) is 7.11 Å². The first-order valence-electron chi connectivity index (χ1n) is 6.85. The zero-order valence-corrected chi connectivity index (χ0v) is 14.5. The van der Waals surface area contributed by atoms with Gasteiger partial charge in [-0.05, 0) is 18.1 Å². The number of aromatic nitrogens is 1. The summed E-state index contributed by atoms with van der Waals surface area (Å²) < 4.78 is 11.5. The molecule has 1 rings (SSSR count). The van der Waals surface area contributed by atoms with Gasteiger partial charge in [-0.25, -0.2) is 0 Å². The molecule has 0 aromatic carbocycles. The van der Waals surface area contributed by atoms with Gasteiger partial charge >= 0.3 is 0 Å². The maximum absolute atomic E-state index is 10.9. The van der Waals surface area contributed by atoms with Crippen molar-refractivity contribution in [2.45, 2.75) is 45.0 Å². The second-order valence-corrected chi connectivity index (χ2v) is 11.3. The second kappa shape index (κ2) is 6.63. The second-order valence-electron chi connectivity index (χ2n) is 6.52. The van der Waals surface area contributed by atoms with Gasteiger partial charge in [-0.1, -0.05) is 20.8 Å². The van der Waals surface area contributed by atoms with E-state index in [0.29, 0.717) is 12.3 Å². The molecule has 21 heavy (non-hydrogen) atoms. The van der Waals surface area contributed by atoms with Gasteiger partial charge in [-0.2, -0.15) is 0 Å². The van der Waals surface area contributed by atoms with Gasteiger partial charge in [0, 0.05) is 25.4 Å². The molecule has 0 aliphatic heterocycles. The van der Waals surface area contributed by atoms with Crippen LogP contribution < -0.4 is 0 Å². The quantitative estimate of drug-likeness (QED) is 0.455. The van der Waals surface area contributed by atoms with Crippen molar-refractivity contribution in [1.29, 1.82) is 0 Å². The molecule has 0 aliphatic rings. The van der Waals surface area contributed by atoms with Gasteiger partial charge in [0.25, 0.3) is 5.69 Å². The number of ether oxygens (including phenoxy) is 1. The average Bonchev–Trinajstić information content (AvgIpc) is 2.37. The maximum Gasteiger partial charge on any atom is 0.272 e. The van der Waals surface area contributed by atoms with Gasteiger partial charge in [0.1, 0.15) is 6.10 Å². The Balaban J connectivity index is 3.07. The van der Waals surface area contributed by atoms with Gasteiger partial charge in [0.15, 0.2) is 8.32 Å². The first-order chi connectivity index (χ1) is 9.58. The highest BCUT2D eigenvalue weighted by molar-refractivity contribution is 6.74. The Bertz CT molecular complexity index is 500. The van der Waals surface area contributed by atoms with E-state index in [4.69, 9.17) is 9.16 Å². The van der Waals surface area contributed by atoms with Crippen LogP contribution in [0.25, 0.3) is 0 Å². The zero-order valence-electron chi connectivity index (χ0n) is 13.5. The summed E-state index contributed by atoms with van der Waals surface area (Å²) in [7, 11) is -0.440. The Morgan fingerprint density at radius 2 is 2.05 bits per heavy atom. The van der Waals surface area contributed by atoms with Crippen LogP contribution in [0.15, 0.2) is 18.3 Å². The maximum atomic E-state index is 10.9. The lowest BCUT2D eigenvalue weighted by molar-refractivity contribution is -0.385. The minimum atomic E-state index is -2.02. The van der Waals surface area contributed by atoms with E-state index in [9.17, 15) is 10.1 Å². The Morgan fingerprint density at radius 1 is 1.43 bits per heavy atom. The highest BCUT2D eigenvalue weighted by Gasteiger charge is 2.39. The van der Waals surface area contributed by atoms with Crippen LogP contribution in [-0.2, 0) is 9.16 Å². The molecule has 0 saturated carbocycles. The molecule has 0 aliphatic carbocycles. The molecule has 1 aromatic heterocycles. The third kappa shape index (κ3) is 4.59. The van der Waals surface area contributed by atoms with Gasteiger partial charge < -0.3 is 9.16 Å². The van der Waals surface area contributed by atoms with Crippen molar-refractivity contribution in [3.8, 4) is 0 Å². The van der Waals surface area contributed by atoms with E-state index >= 15 is 0 Å². The van der Waals surface area contributed by atoms with Crippen LogP contribution in [0.4, 0.5) is 5.69 Å². The van der Waals surface area contributed by atoms with E-state index in [2.05, 4.69) is 38.8 Å². The molecular weight excluding hydrogens is 288 g/mol. The summed E-state index contributed by atoms with van der Waals surface area (Å²) in [6.07, 6.45) is 1.04. The van der Waals surface area contributed by atoms with Crippen LogP contribution in [0.3, 0.4) is 0 Å². The highest BCUT2D eigenvalue weighted by atomic mass is 28.4. The summed E-state index contributed by atoms with van der Waals surface area (Å²) in [4.78, 5) is 14.7. The summed E-state index contributed by atoms with van der Waals surface area (Å²) in [5, 5.41) is 10.9. The molecule has 1 atom stereocenters. The fraction of sp³-hybridized carbons (Fsp3) is 0.643. The number of hydrogen-bond donors (Lipinski definition) is 0. The molecule has 0 spiro atoms. The molecule has 0 radical (unpaired) electrons. The molecule has 118 valence electrons. The molecule has 0 fully saturated rings. The van der Waals surface area contributed by atoms with Crippen LogP contribution >= 0.6 is 0 Å². The lowest BCUT2D eigenvalue weighted by Gasteiger charge is -2.38. The molecule has 0 N–H and O–H groups in total. The first kappa shape index (κ1) is 17.7. The third-order valence-corrected chi connectivity index (χ3v) is 8.35. The lowest BCUT2D eigenvalue weighted by atomic mass is 10.2.